The van der Waals surface area contributed by atoms with Gasteiger partial charge in [-0.05, 0) is 12.2 Å². The van der Waals surface area contributed by atoms with E-state index >= 15 is 0 Å². The first-order chi connectivity index (χ1) is 6.06. The Morgan fingerprint density at radius 3 is 2.54 bits per heavy atom. The molecule has 72 valence electrons. The largest absolute Gasteiger partial charge is 0.494 e. The molecule has 0 radical (unpaired) electrons. The van der Waals surface area contributed by atoms with E-state index < -0.39 is 0 Å². The minimum absolute atomic E-state index is 0.0212. The van der Waals surface area contributed by atoms with Crippen LogP contribution in [0.5, 0.6) is 5.88 Å². The normalized spacial score (nSPS) is 10.8. The van der Waals surface area contributed by atoms with E-state index in [0.29, 0.717) is 10.7 Å². The van der Waals surface area contributed by atoms with Crippen molar-refractivity contribution in [2.75, 3.05) is 6.26 Å². The van der Waals surface area contributed by atoms with Crippen molar-refractivity contribution in [1.82, 2.24) is 9.97 Å². The third kappa shape index (κ3) is 2.03. The number of hydrogen-bond donors (Lipinski definition) is 2. The van der Waals surface area contributed by atoms with Crippen molar-refractivity contribution in [1.29, 1.82) is 0 Å². The Kier molecular flexibility index (Phi) is 2.98. The Balaban J connectivity index is 3.32. The van der Waals surface area contributed by atoms with Crippen LogP contribution >= 0.6 is 11.8 Å². The highest BCUT2D eigenvalue weighted by atomic mass is 32.2. The number of nitrogens with zero attached hydrogens (tertiary/aromatic N) is 1. The molecule has 0 saturated heterocycles. The summed E-state index contributed by atoms with van der Waals surface area (Å²) in [5.74, 6) is -0.0912. The molecule has 0 spiro atoms. The van der Waals surface area contributed by atoms with E-state index in [1.54, 1.807) is 6.26 Å². The molecular weight excluding hydrogens is 188 g/mol. The molecule has 1 aromatic heterocycles. The third-order valence-electron chi connectivity index (χ3n) is 1.68. The molecule has 4 nitrogen and oxygen atoms in total. The Morgan fingerprint density at radius 2 is 2.15 bits per heavy atom. The fourth-order valence-electron chi connectivity index (χ4n) is 1.07. The summed E-state index contributed by atoms with van der Waals surface area (Å²) in [5.41, 5.74) is -0.00611. The standard InChI is InChI=1S/C8H12N2O2S/c1-4(2)5-6(11)9-8(13-3)10-7(5)12/h4H,1-3H3,(H2,9,10,11,12). The molecule has 13 heavy (non-hydrogen) atoms. The molecule has 0 aliphatic rings. The molecule has 1 rings (SSSR count). The number of aromatic nitrogens is 2. The molecule has 1 heterocycles. The molecular formula is C8H12N2O2S. The summed E-state index contributed by atoms with van der Waals surface area (Å²) < 4.78 is 0. The van der Waals surface area contributed by atoms with E-state index in [4.69, 9.17) is 0 Å². The fraction of sp³-hybridized carbons (Fsp3) is 0.500. The average molecular weight is 200 g/mol. The number of nitrogens with one attached hydrogen (secondary N) is 1. The fourth-order valence-corrected chi connectivity index (χ4v) is 1.44. The molecule has 0 bridgehead atoms. The van der Waals surface area contributed by atoms with Crippen molar-refractivity contribution in [3.8, 4) is 5.88 Å². The van der Waals surface area contributed by atoms with Crippen molar-refractivity contribution in [3.05, 3.63) is 15.9 Å². The molecule has 5 heteroatoms. The van der Waals surface area contributed by atoms with Crippen LogP contribution in [-0.4, -0.2) is 21.3 Å². The zero-order valence-corrected chi connectivity index (χ0v) is 8.60. The van der Waals surface area contributed by atoms with Gasteiger partial charge in [0.05, 0.1) is 5.56 Å². The molecule has 2 N–H and O–H groups in total. The molecule has 0 atom stereocenters. The van der Waals surface area contributed by atoms with Gasteiger partial charge in [-0.1, -0.05) is 25.6 Å². The van der Waals surface area contributed by atoms with Crippen LogP contribution in [-0.2, 0) is 0 Å². The van der Waals surface area contributed by atoms with Gasteiger partial charge in [-0.2, -0.15) is 4.98 Å². The highest BCUT2D eigenvalue weighted by molar-refractivity contribution is 7.98. The van der Waals surface area contributed by atoms with Crippen LogP contribution in [0.1, 0.15) is 25.3 Å². The van der Waals surface area contributed by atoms with Crippen LogP contribution in [0.4, 0.5) is 0 Å². The number of aromatic amines is 1. The molecule has 0 saturated carbocycles. The van der Waals surface area contributed by atoms with Crippen molar-refractivity contribution in [2.24, 2.45) is 0 Å². The molecule has 0 aliphatic carbocycles. The first kappa shape index (κ1) is 10.1. The summed E-state index contributed by atoms with van der Waals surface area (Å²) in [6.45, 7) is 3.68. The quantitative estimate of drug-likeness (QED) is 0.558. The van der Waals surface area contributed by atoms with Crippen molar-refractivity contribution < 1.29 is 5.11 Å². The number of H-pyrrole nitrogens is 1. The molecule has 0 fully saturated rings. The van der Waals surface area contributed by atoms with E-state index in [2.05, 4.69) is 9.97 Å². The molecule has 0 unspecified atom stereocenters. The third-order valence-corrected chi connectivity index (χ3v) is 2.26. The predicted octanol–water partition coefficient (Wildman–Crippen LogP) is 1.32. The van der Waals surface area contributed by atoms with Gasteiger partial charge in [0, 0.05) is 0 Å². The van der Waals surface area contributed by atoms with Gasteiger partial charge in [-0.3, -0.25) is 4.79 Å². The van der Waals surface area contributed by atoms with Gasteiger partial charge in [0.2, 0.25) is 0 Å². The zero-order valence-electron chi connectivity index (χ0n) is 7.79. The smallest absolute Gasteiger partial charge is 0.280 e. The van der Waals surface area contributed by atoms with E-state index in [1.165, 1.54) is 11.8 Å². The monoisotopic (exact) mass is 200 g/mol. The lowest BCUT2D eigenvalue weighted by molar-refractivity contribution is 0.432. The lowest BCUT2D eigenvalue weighted by Gasteiger charge is -2.06. The first-order valence-corrected chi connectivity index (χ1v) is 5.16. The van der Waals surface area contributed by atoms with Gasteiger partial charge in [-0.15, -0.1) is 0 Å². The Morgan fingerprint density at radius 1 is 1.54 bits per heavy atom. The lowest BCUT2D eigenvalue weighted by Crippen LogP contribution is -2.15. The Hall–Kier alpha value is -0.970. The summed E-state index contributed by atoms with van der Waals surface area (Å²) in [6.07, 6.45) is 1.78. The van der Waals surface area contributed by atoms with Gasteiger partial charge >= 0.3 is 0 Å². The highest BCUT2D eigenvalue weighted by Gasteiger charge is 2.13. The topological polar surface area (TPSA) is 66.0 Å². The lowest BCUT2D eigenvalue weighted by atomic mass is 10.1. The molecule has 0 aromatic carbocycles. The second-order valence-electron chi connectivity index (χ2n) is 2.97. The summed E-state index contributed by atoms with van der Waals surface area (Å²) >= 11 is 1.29. The predicted molar refractivity (Wildman–Crippen MR) is 52.4 cm³/mol. The van der Waals surface area contributed by atoms with Crippen LogP contribution < -0.4 is 5.56 Å². The van der Waals surface area contributed by atoms with Crippen molar-refractivity contribution in [2.45, 2.75) is 24.9 Å². The molecule has 0 amide bonds. The minimum atomic E-state index is -0.351. The van der Waals surface area contributed by atoms with Crippen molar-refractivity contribution in [3.63, 3.8) is 0 Å². The van der Waals surface area contributed by atoms with E-state index in [-0.39, 0.29) is 17.4 Å². The maximum Gasteiger partial charge on any atom is 0.280 e. The Labute approximate surface area is 80.4 Å². The zero-order chi connectivity index (χ0) is 10.0. The van der Waals surface area contributed by atoms with Gasteiger partial charge in [0.1, 0.15) is 0 Å². The van der Waals surface area contributed by atoms with Crippen LogP contribution in [0.15, 0.2) is 9.95 Å². The van der Waals surface area contributed by atoms with E-state index in [1.807, 2.05) is 13.8 Å². The second kappa shape index (κ2) is 3.83. The van der Waals surface area contributed by atoms with Crippen LogP contribution in [0, 0.1) is 0 Å². The van der Waals surface area contributed by atoms with Crippen LogP contribution in [0.2, 0.25) is 0 Å². The van der Waals surface area contributed by atoms with Gasteiger partial charge in [0.25, 0.3) is 5.56 Å². The van der Waals surface area contributed by atoms with E-state index in [0.717, 1.165) is 0 Å². The van der Waals surface area contributed by atoms with Crippen LogP contribution in [0.25, 0.3) is 0 Å². The van der Waals surface area contributed by atoms with E-state index in [9.17, 15) is 9.90 Å². The van der Waals surface area contributed by atoms with Gasteiger partial charge in [-0.25, -0.2) is 0 Å². The first-order valence-electron chi connectivity index (χ1n) is 3.93. The van der Waals surface area contributed by atoms with Crippen molar-refractivity contribution >= 4 is 11.8 Å². The maximum absolute atomic E-state index is 11.4. The SMILES string of the molecule is CSc1nc(=O)c(C(C)C)c(O)[nH]1. The summed E-state index contributed by atoms with van der Waals surface area (Å²) in [7, 11) is 0. The van der Waals surface area contributed by atoms with Crippen LogP contribution in [0.3, 0.4) is 0 Å². The summed E-state index contributed by atoms with van der Waals surface area (Å²) in [6, 6.07) is 0. The summed E-state index contributed by atoms with van der Waals surface area (Å²) in [4.78, 5) is 17.8. The number of rotatable bonds is 2. The average Bonchev–Trinajstić information content (AvgIpc) is 2.02. The molecule has 1 aromatic rings. The minimum Gasteiger partial charge on any atom is -0.494 e. The van der Waals surface area contributed by atoms with Gasteiger partial charge in [0.15, 0.2) is 11.0 Å². The number of thioether (sulfide) groups is 1. The highest BCUT2D eigenvalue weighted by Crippen LogP contribution is 2.20. The number of aromatic hydroxyl groups is 1. The summed E-state index contributed by atoms with van der Waals surface area (Å²) in [5, 5.41) is 9.90. The Bertz CT molecular complexity index is 360. The molecule has 0 aliphatic heterocycles. The number of hydrogen-bond acceptors (Lipinski definition) is 4. The maximum atomic E-state index is 11.4. The van der Waals surface area contributed by atoms with Gasteiger partial charge < -0.3 is 10.1 Å². The second-order valence-corrected chi connectivity index (χ2v) is 3.76.